The van der Waals surface area contributed by atoms with Crippen LogP contribution in [0, 0.1) is 5.82 Å². The van der Waals surface area contributed by atoms with Gasteiger partial charge in [-0.1, -0.05) is 6.92 Å². The Bertz CT molecular complexity index is 569. The summed E-state index contributed by atoms with van der Waals surface area (Å²) in [5.74, 6) is 1.46. The van der Waals surface area contributed by atoms with E-state index in [1.165, 1.54) is 12.1 Å². The number of benzene rings is 1. The molecule has 0 bridgehead atoms. The second-order valence-electron chi connectivity index (χ2n) is 4.35. The largest absolute Gasteiger partial charge is 0.373 e. The summed E-state index contributed by atoms with van der Waals surface area (Å²) >= 11 is 0. The molecule has 1 aromatic carbocycles. The van der Waals surface area contributed by atoms with E-state index in [1.54, 1.807) is 18.5 Å². The van der Waals surface area contributed by atoms with Gasteiger partial charge < -0.3 is 10.2 Å². The Kier molecular flexibility index (Phi) is 4.50. The molecule has 1 N–H and O–H groups in total. The van der Waals surface area contributed by atoms with Gasteiger partial charge in [-0.05, 0) is 37.6 Å². The molecule has 0 unspecified atom stereocenters. The molecule has 0 saturated heterocycles. The zero-order valence-corrected chi connectivity index (χ0v) is 12.0. The van der Waals surface area contributed by atoms with Gasteiger partial charge in [0.2, 0.25) is 0 Å². The first-order valence-electron chi connectivity index (χ1n) is 6.76. The van der Waals surface area contributed by atoms with Crippen molar-refractivity contribution >= 4 is 17.3 Å². The first-order chi connectivity index (χ1) is 9.71. The molecule has 0 atom stereocenters. The lowest BCUT2D eigenvalue weighted by atomic mass is 10.2. The fraction of sp³-hybridized carbons (Fsp3) is 0.333. The van der Waals surface area contributed by atoms with Crippen molar-refractivity contribution in [3.63, 3.8) is 0 Å². The summed E-state index contributed by atoms with van der Waals surface area (Å²) in [6, 6.07) is 6.45. The van der Waals surface area contributed by atoms with Crippen molar-refractivity contribution in [2.75, 3.05) is 23.8 Å². The Morgan fingerprint density at radius 2 is 1.85 bits per heavy atom. The van der Waals surface area contributed by atoms with Crippen molar-refractivity contribution in [3.05, 3.63) is 42.0 Å². The molecule has 0 aliphatic carbocycles. The molecule has 1 aromatic heterocycles. The predicted octanol–water partition coefficient (Wildman–Crippen LogP) is 3.38. The molecule has 0 aliphatic rings. The third-order valence-corrected chi connectivity index (χ3v) is 3.22. The molecule has 0 amide bonds. The van der Waals surface area contributed by atoms with Crippen LogP contribution in [0.2, 0.25) is 0 Å². The maximum absolute atomic E-state index is 13.1. The predicted molar refractivity (Wildman–Crippen MR) is 80.0 cm³/mol. The topological polar surface area (TPSA) is 41.1 Å². The number of nitrogens with one attached hydrogen (secondary N) is 1. The second kappa shape index (κ2) is 6.32. The van der Waals surface area contributed by atoms with Crippen molar-refractivity contribution in [3.8, 4) is 0 Å². The van der Waals surface area contributed by atoms with Gasteiger partial charge in [-0.3, -0.25) is 0 Å². The van der Waals surface area contributed by atoms with Crippen molar-refractivity contribution in [1.29, 1.82) is 0 Å². The van der Waals surface area contributed by atoms with E-state index in [1.807, 2.05) is 14.0 Å². The summed E-state index contributed by atoms with van der Waals surface area (Å²) in [6.45, 7) is 4.87. The molecule has 2 rings (SSSR count). The number of anilines is 3. The fourth-order valence-electron chi connectivity index (χ4n) is 2.25. The van der Waals surface area contributed by atoms with E-state index in [4.69, 9.17) is 0 Å². The van der Waals surface area contributed by atoms with E-state index in [0.717, 1.165) is 35.9 Å². The van der Waals surface area contributed by atoms with Gasteiger partial charge in [-0.15, -0.1) is 0 Å². The number of halogens is 1. The molecule has 0 radical (unpaired) electrons. The molecule has 2 aromatic rings. The average molecular weight is 274 g/mol. The van der Waals surface area contributed by atoms with Gasteiger partial charge in [0.1, 0.15) is 23.8 Å². The molecular weight excluding hydrogens is 255 g/mol. The van der Waals surface area contributed by atoms with Crippen LogP contribution in [0.3, 0.4) is 0 Å². The lowest BCUT2D eigenvalue weighted by molar-refractivity contribution is 0.627. The normalized spacial score (nSPS) is 10.4. The summed E-state index contributed by atoms with van der Waals surface area (Å²) in [4.78, 5) is 10.7. The van der Waals surface area contributed by atoms with E-state index < -0.39 is 0 Å². The molecular formula is C15H19FN4. The van der Waals surface area contributed by atoms with Crippen molar-refractivity contribution in [2.24, 2.45) is 0 Å². The quantitative estimate of drug-likeness (QED) is 0.907. The standard InChI is InChI=1S/C15H19FN4/c1-4-13-14(17-3)18-10-19-15(13)20(5-2)12-8-6-11(16)7-9-12/h6-10H,4-5H2,1-3H3,(H,17,18,19). The minimum Gasteiger partial charge on any atom is -0.373 e. The van der Waals surface area contributed by atoms with Gasteiger partial charge in [-0.2, -0.15) is 0 Å². The van der Waals surface area contributed by atoms with Crippen LogP contribution in [-0.4, -0.2) is 23.6 Å². The van der Waals surface area contributed by atoms with Gasteiger partial charge in [-0.25, -0.2) is 14.4 Å². The lowest BCUT2D eigenvalue weighted by Gasteiger charge is -2.25. The van der Waals surface area contributed by atoms with Gasteiger partial charge in [0.15, 0.2) is 0 Å². The highest BCUT2D eigenvalue weighted by molar-refractivity contribution is 5.67. The molecule has 0 fully saturated rings. The maximum Gasteiger partial charge on any atom is 0.141 e. The van der Waals surface area contributed by atoms with Crippen LogP contribution in [-0.2, 0) is 6.42 Å². The summed E-state index contributed by atoms with van der Waals surface area (Å²) in [5.41, 5.74) is 1.98. The van der Waals surface area contributed by atoms with Crippen LogP contribution in [0.25, 0.3) is 0 Å². The van der Waals surface area contributed by atoms with Gasteiger partial charge in [0.25, 0.3) is 0 Å². The summed E-state index contributed by atoms with van der Waals surface area (Å²) in [7, 11) is 1.85. The number of nitrogens with zero attached hydrogens (tertiary/aromatic N) is 3. The SMILES string of the molecule is CCc1c(NC)ncnc1N(CC)c1ccc(F)cc1. The molecule has 5 heteroatoms. The zero-order valence-electron chi connectivity index (χ0n) is 12.0. The summed E-state index contributed by atoms with van der Waals surface area (Å²) in [5, 5.41) is 3.09. The molecule has 4 nitrogen and oxygen atoms in total. The summed E-state index contributed by atoms with van der Waals surface area (Å²) in [6.07, 6.45) is 2.37. The van der Waals surface area contributed by atoms with Crippen LogP contribution >= 0.6 is 0 Å². The molecule has 1 heterocycles. The van der Waals surface area contributed by atoms with Crippen LogP contribution in [0.15, 0.2) is 30.6 Å². The third kappa shape index (κ3) is 2.71. The Morgan fingerprint density at radius 3 is 2.40 bits per heavy atom. The van der Waals surface area contributed by atoms with Gasteiger partial charge >= 0.3 is 0 Å². The second-order valence-corrected chi connectivity index (χ2v) is 4.35. The number of hydrogen-bond acceptors (Lipinski definition) is 4. The number of hydrogen-bond donors (Lipinski definition) is 1. The first-order valence-corrected chi connectivity index (χ1v) is 6.76. The smallest absolute Gasteiger partial charge is 0.141 e. The Balaban J connectivity index is 2.49. The van der Waals surface area contributed by atoms with E-state index in [9.17, 15) is 4.39 Å². The number of rotatable bonds is 5. The highest BCUT2D eigenvalue weighted by Crippen LogP contribution is 2.29. The van der Waals surface area contributed by atoms with Crippen LogP contribution in [0.5, 0.6) is 0 Å². The molecule has 0 spiro atoms. The Hall–Kier alpha value is -2.17. The highest BCUT2D eigenvalue weighted by Gasteiger charge is 2.16. The van der Waals surface area contributed by atoms with Gasteiger partial charge in [0, 0.05) is 24.8 Å². The highest BCUT2D eigenvalue weighted by atomic mass is 19.1. The average Bonchev–Trinajstić information content (AvgIpc) is 2.49. The van der Waals surface area contributed by atoms with Crippen molar-refractivity contribution in [1.82, 2.24) is 9.97 Å². The zero-order chi connectivity index (χ0) is 14.5. The fourth-order valence-corrected chi connectivity index (χ4v) is 2.25. The van der Waals surface area contributed by atoms with Crippen molar-refractivity contribution in [2.45, 2.75) is 20.3 Å². The van der Waals surface area contributed by atoms with Crippen LogP contribution in [0.4, 0.5) is 21.7 Å². The molecule has 106 valence electrons. The Labute approximate surface area is 118 Å². The number of aromatic nitrogens is 2. The molecule has 0 aliphatic heterocycles. The van der Waals surface area contributed by atoms with Crippen LogP contribution < -0.4 is 10.2 Å². The lowest BCUT2D eigenvalue weighted by Crippen LogP contribution is -2.20. The van der Waals surface area contributed by atoms with Crippen LogP contribution in [0.1, 0.15) is 19.4 Å². The Morgan fingerprint density at radius 1 is 1.15 bits per heavy atom. The summed E-state index contributed by atoms with van der Waals surface area (Å²) < 4.78 is 13.1. The van der Waals surface area contributed by atoms with Gasteiger partial charge in [0.05, 0.1) is 0 Å². The monoisotopic (exact) mass is 274 g/mol. The van der Waals surface area contributed by atoms with E-state index in [2.05, 4.69) is 27.1 Å². The van der Waals surface area contributed by atoms with E-state index in [-0.39, 0.29) is 5.82 Å². The van der Waals surface area contributed by atoms with Crippen molar-refractivity contribution < 1.29 is 4.39 Å². The first kappa shape index (κ1) is 14.2. The van der Waals surface area contributed by atoms with E-state index in [0.29, 0.717) is 0 Å². The minimum atomic E-state index is -0.237. The minimum absolute atomic E-state index is 0.237. The molecule has 20 heavy (non-hydrogen) atoms. The molecule has 0 saturated carbocycles. The third-order valence-electron chi connectivity index (χ3n) is 3.22. The van der Waals surface area contributed by atoms with E-state index >= 15 is 0 Å². The maximum atomic E-state index is 13.1.